The van der Waals surface area contributed by atoms with Crippen molar-refractivity contribution in [2.75, 3.05) is 19.7 Å². The topological polar surface area (TPSA) is 199 Å². The van der Waals surface area contributed by atoms with Gasteiger partial charge in [-0.25, -0.2) is 4.68 Å². The van der Waals surface area contributed by atoms with Gasteiger partial charge in [-0.05, 0) is 69.5 Å². The third kappa shape index (κ3) is 12.3. The summed E-state index contributed by atoms with van der Waals surface area (Å²) in [5.41, 5.74) is 20.5. The van der Waals surface area contributed by atoms with Crippen molar-refractivity contribution in [3.63, 3.8) is 0 Å². The molecule has 0 saturated heterocycles. The quantitative estimate of drug-likeness (QED) is 0.0453. The van der Waals surface area contributed by atoms with Crippen LogP contribution in [0.2, 0.25) is 0 Å². The summed E-state index contributed by atoms with van der Waals surface area (Å²) in [6.45, 7) is 6.69. The highest BCUT2D eigenvalue weighted by molar-refractivity contribution is 5.80. The molecular weight excluding hydrogens is 683 g/mol. The number of carbonyl (C=O) groups excluding carboxylic acids is 1. The van der Waals surface area contributed by atoms with Gasteiger partial charge in [-0.3, -0.25) is 14.5 Å². The number of rotatable bonds is 22. The summed E-state index contributed by atoms with van der Waals surface area (Å²) in [6.07, 6.45) is 14.2. The number of aromatic nitrogens is 6. The molecule has 0 unspecified atom stereocenters. The first-order valence-electron chi connectivity index (χ1n) is 19.6. The van der Waals surface area contributed by atoms with E-state index in [9.17, 15) is 4.79 Å². The van der Waals surface area contributed by atoms with Crippen molar-refractivity contribution >= 4 is 11.9 Å². The predicted octanol–water partition coefficient (Wildman–Crippen LogP) is 5.50. The molecule has 7 N–H and O–H groups in total. The van der Waals surface area contributed by atoms with Crippen LogP contribution in [0.4, 0.5) is 0 Å². The molecule has 14 heteroatoms. The Morgan fingerprint density at radius 3 is 2.31 bits per heavy atom. The van der Waals surface area contributed by atoms with Crippen molar-refractivity contribution in [3.05, 3.63) is 72.3 Å². The molecule has 292 valence electrons. The third-order valence-electron chi connectivity index (χ3n) is 9.84. The van der Waals surface area contributed by atoms with E-state index in [4.69, 9.17) is 26.7 Å². The number of nitrogens with two attached hydrogens (primary N) is 3. The van der Waals surface area contributed by atoms with Crippen molar-refractivity contribution in [3.8, 4) is 22.6 Å². The van der Waals surface area contributed by atoms with Gasteiger partial charge in [0, 0.05) is 35.8 Å². The van der Waals surface area contributed by atoms with Crippen LogP contribution < -0.4 is 32.0 Å². The van der Waals surface area contributed by atoms with E-state index in [1.807, 2.05) is 54.9 Å². The van der Waals surface area contributed by atoms with Crippen LogP contribution in [-0.2, 0) is 17.9 Å². The lowest BCUT2D eigenvalue weighted by Gasteiger charge is -2.23. The first-order valence-corrected chi connectivity index (χ1v) is 19.6. The number of nitrogens with one attached hydrogen (secondary N) is 1. The Kier molecular flexibility index (Phi) is 15.7. The van der Waals surface area contributed by atoms with Crippen LogP contribution in [-0.4, -0.2) is 67.6 Å². The molecule has 1 fully saturated rings. The van der Waals surface area contributed by atoms with E-state index in [0.717, 1.165) is 66.8 Å². The normalized spacial score (nSPS) is 14.4. The Bertz CT molecular complexity index is 1740. The Balaban J connectivity index is 1.25. The maximum atomic E-state index is 14.0. The van der Waals surface area contributed by atoms with Gasteiger partial charge in [0.05, 0.1) is 25.0 Å². The number of carbonyl (C=O) groups is 1. The van der Waals surface area contributed by atoms with Crippen molar-refractivity contribution in [2.24, 2.45) is 28.1 Å². The van der Waals surface area contributed by atoms with Gasteiger partial charge in [0.25, 0.3) is 0 Å². The molecule has 0 bridgehead atoms. The van der Waals surface area contributed by atoms with Crippen LogP contribution in [0, 0.1) is 5.92 Å². The van der Waals surface area contributed by atoms with Crippen molar-refractivity contribution < 1.29 is 14.3 Å². The molecular formula is C40H59N11O3. The zero-order chi connectivity index (χ0) is 38.1. The number of aliphatic imine (C=N–C) groups is 1. The van der Waals surface area contributed by atoms with E-state index in [1.165, 1.54) is 19.3 Å². The Labute approximate surface area is 319 Å². The number of nitrogens with zero attached hydrogens (tertiary/aromatic N) is 7. The number of benzene rings is 2. The van der Waals surface area contributed by atoms with Gasteiger partial charge in [-0.2, -0.15) is 0 Å². The number of amides is 1. The molecule has 0 radical (unpaired) electrons. The van der Waals surface area contributed by atoms with Crippen molar-refractivity contribution in [2.45, 2.75) is 116 Å². The average Bonchev–Trinajstić information content (AvgIpc) is 3.85. The second-order valence-electron chi connectivity index (χ2n) is 14.7. The number of hydrogen-bond acceptors (Lipinski definition) is 9. The fourth-order valence-electron chi connectivity index (χ4n) is 6.85. The highest BCUT2D eigenvalue weighted by Crippen LogP contribution is 2.37. The van der Waals surface area contributed by atoms with Crippen molar-refractivity contribution in [1.29, 1.82) is 0 Å². The van der Waals surface area contributed by atoms with Crippen LogP contribution in [0.25, 0.3) is 11.1 Å². The van der Waals surface area contributed by atoms with Gasteiger partial charge in [0.2, 0.25) is 5.91 Å². The molecule has 54 heavy (non-hydrogen) atoms. The second kappa shape index (κ2) is 21.0. The Hall–Kier alpha value is -4.98. The molecule has 1 aliphatic carbocycles. The van der Waals surface area contributed by atoms with Crippen LogP contribution in [0.3, 0.4) is 0 Å². The summed E-state index contributed by atoms with van der Waals surface area (Å²) in [4.78, 5) is 18.2. The Morgan fingerprint density at radius 2 is 1.61 bits per heavy atom. The van der Waals surface area contributed by atoms with Crippen LogP contribution in [0.15, 0.2) is 65.9 Å². The number of ether oxygens (including phenoxy) is 2. The van der Waals surface area contributed by atoms with Gasteiger partial charge in [0.1, 0.15) is 29.8 Å². The fourth-order valence-corrected chi connectivity index (χ4v) is 6.85. The van der Waals surface area contributed by atoms with E-state index >= 15 is 0 Å². The predicted molar refractivity (Wildman–Crippen MR) is 211 cm³/mol. The van der Waals surface area contributed by atoms with E-state index in [2.05, 4.69) is 50.8 Å². The highest BCUT2D eigenvalue weighted by atomic mass is 16.5. The van der Waals surface area contributed by atoms with Crippen molar-refractivity contribution in [1.82, 2.24) is 35.3 Å². The number of unbranched alkanes of at least 4 members (excludes halogenated alkanes) is 1. The van der Waals surface area contributed by atoms with E-state index in [-0.39, 0.29) is 24.5 Å². The van der Waals surface area contributed by atoms with Gasteiger partial charge < -0.3 is 32.0 Å². The molecule has 1 saturated carbocycles. The molecule has 1 amide bonds. The summed E-state index contributed by atoms with van der Waals surface area (Å²) in [6, 6.07) is 15.2. The average molecular weight is 742 g/mol. The summed E-state index contributed by atoms with van der Waals surface area (Å²) in [5.74, 6) is 2.39. The van der Waals surface area contributed by atoms with E-state index in [0.29, 0.717) is 56.6 Å². The minimum absolute atomic E-state index is 0.0329. The SMILES string of the molecule is CC(C)CCOc1ccccc1-c1ccccc1OCc1cn(C[C@@H](CCCCN)NC(=O)[C@@H](CCCN=C(N)N)n2cc(C3CCCCC3)nn2)nn1. The van der Waals surface area contributed by atoms with E-state index < -0.39 is 6.04 Å². The van der Waals surface area contributed by atoms with Gasteiger partial charge in [-0.15, -0.1) is 10.2 Å². The lowest BCUT2D eigenvalue weighted by Crippen LogP contribution is -2.42. The number of hydrogen-bond donors (Lipinski definition) is 4. The van der Waals surface area contributed by atoms with E-state index in [1.54, 1.807) is 9.36 Å². The number of para-hydroxylation sites is 2. The molecule has 1 aliphatic rings. The highest BCUT2D eigenvalue weighted by Gasteiger charge is 2.27. The lowest BCUT2D eigenvalue weighted by atomic mass is 9.87. The first kappa shape index (κ1) is 40.2. The summed E-state index contributed by atoms with van der Waals surface area (Å²) in [5, 5.41) is 21.1. The minimum Gasteiger partial charge on any atom is -0.493 e. The molecule has 0 aliphatic heterocycles. The summed E-state index contributed by atoms with van der Waals surface area (Å²) < 4.78 is 16.0. The smallest absolute Gasteiger partial charge is 0.245 e. The maximum Gasteiger partial charge on any atom is 0.245 e. The summed E-state index contributed by atoms with van der Waals surface area (Å²) >= 11 is 0. The number of guanidine groups is 1. The minimum atomic E-state index is -0.563. The zero-order valence-electron chi connectivity index (χ0n) is 32.0. The molecule has 2 aromatic carbocycles. The van der Waals surface area contributed by atoms with Crippen LogP contribution in [0.1, 0.15) is 108 Å². The Morgan fingerprint density at radius 1 is 0.889 bits per heavy atom. The fraction of sp³-hybridized carbons (Fsp3) is 0.550. The molecule has 4 aromatic rings. The molecule has 2 aromatic heterocycles. The summed E-state index contributed by atoms with van der Waals surface area (Å²) in [7, 11) is 0. The van der Waals surface area contributed by atoms with Crippen LogP contribution >= 0.6 is 0 Å². The molecule has 2 heterocycles. The lowest BCUT2D eigenvalue weighted by molar-refractivity contribution is -0.125. The second-order valence-corrected chi connectivity index (χ2v) is 14.7. The third-order valence-corrected chi connectivity index (χ3v) is 9.84. The largest absolute Gasteiger partial charge is 0.493 e. The van der Waals surface area contributed by atoms with Gasteiger partial charge in [0.15, 0.2) is 5.96 Å². The molecule has 2 atom stereocenters. The standard InChI is InChI=1S/C40H59N11O3/c1-29(2)21-24-53-37-19-8-6-16-33(37)34-17-7-9-20-38(34)54-28-32-26-50(48-46-32)25-31(15-10-11-22-41)45-39(52)36(18-12-23-44-40(42)43)51-27-35(47-49-51)30-13-4-3-5-14-30/h6-9,16-17,19-20,26-27,29-31,36H,3-5,10-15,18,21-25,28,41H2,1-2H3,(H,45,52)(H4,42,43,44)/t31-,36-/m1/s1. The van der Waals surface area contributed by atoms with Gasteiger partial charge in [-0.1, -0.05) is 86.4 Å². The zero-order valence-corrected chi connectivity index (χ0v) is 32.0. The molecule has 5 rings (SSSR count). The maximum absolute atomic E-state index is 14.0. The molecule has 14 nitrogen and oxygen atoms in total. The first-order chi connectivity index (χ1) is 26.3. The monoisotopic (exact) mass is 741 g/mol. The van der Waals surface area contributed by atoms with Gasteiger partial charge >= 0.3 is 0 Å². The molecule has 0 spiro atoms. The van der Waals surface area contributed by atoms with Crippen LogP contribution in [0.5, 0.6) is 11.5 Å².